The van der Waals surface area contributed by atoms with Crippen molar-refractivity contribution < 1.29 is 5.11 Å². The summed E-state index contributed by atoms with van der Waals surface area (Å²) in [5, 5.41) is 11.2. The quantitative estimate of drug-likeness (QED) is 0.729. The van der Waals surface area contributed by atoms with Crippen LogP contribution in [0.3, 0.4) is 0 Å². The zero-order valence-corrected chi connectivity index (χ0v) is 14.8. The molecule has 0 amide bonds. The van der Waals surface area contributed by atoms with Gasteiger partial charge in [0.2, 0.25) is 5.88 Å². The molecule has 0 radical (unpaired) electrons. The third kappa shape index (κ3) is 2.86. The van der Waals surface area contributed by atoms with Crippen molar-refractivity contribution in [2.24, 2.45) is 4.99 Å². The number of nitrogens with zero attached hydrogens (tertiary/aromatic N) is 2. The highest BCUT2D eigenvalue weighted by Gasteiger charge is 2.19. The number of allylic oxidation sites excluding steroid dienone is 1. The van der Waals surface area contributed by atoms with Crippen LogP contribution in [0, 0.1) is 0 Å². The van der Waals surface area contributed by atoms with Gasteiger partial charge in [0.15, 0.2) is 0 Å². The monoisotopic (exact) mass is 365 g/mol. The molecule has 1 aromatic heterocycles. The first kappa shape index (κ1) is 16.4. The number of aromatic amines is 1. The summed E-state index contributed by atoms with van der Waals surface area (Å²) < 4.78 is 1.29. The van der Waals surface area contributed by atoms with Crippen molar-refractivity contribution in [3.8, 4) is 5.88 Å². The number of fused-ring (bicyclic) bond motifs is 1. The van der Waals surface area contributed by atoms with Gasteiger partial charge in [-0.2, -0.15) is 0 Å². The van der Waals surface area contributed by atoms with Gasteiger partial charge in [0.1, 0.15) is 5.69 Å². The Morgan fingerprint density at radius 1 is 1.19 bits per heavy atom. The van der Waals surface area contributed by atoms with E-state index < -0.39 is 0 Å². The third-order valence-electron chi connectivity index (χ3n) is 4.40. The summed E-state index contributed by atoms with van der Waals surface area (Å²) >= 11 is 5.89. The standard InChI is InChI=1S/C20H16ClN3O2/c1-12-16(15-4-2-3-5-17(15)22-12)10-18-19(25)24(20(26)23-18)11-13-6-8-14(21)9-7-13/h2-10,25H,11H2,1H3,(H,23,26). The van der Waals surface area contributed by atoms with E-state index in [0.717, 1.165) is 28.1 Å². The molecule has 0 spiro atoms. The molecule has 1 aliphatic heterocycles. The molecule has 0 saturated heterocycles. The first-order valence-corrected chi connectivity index (χ1v) is 8.53. The minimum absolute atomic E-state index is 0.102. The van der Waals surface area contributed by atoms with Crippen LogP contribution in [-0.2, 0) is 6.54 Å². The number of para-hydroxylation sites is 1. The van der Waals surface area contributed by atoms with Crippen LogP contribution in [0.4, 0.5) is 5.69 Å². The molecule has 1 aliphatic rings. The molecule has 2 N–H and O–H groups in total. The lowest BCUT2D eigenvalue weighted by Crippen LogP contribution is -2.17. The number of rotatable bonds is 3. The SMILES string of the molecule is CC1=Nc2ccccc2C1=Cc1[nH]c(=O)n(Cc2ccc(Cl)cc2)c1O. The zero-order valence-electron chi connectivity index (χ0n) is 14.0. The van der Waals surface area contributed by atoms with E-state index in [0.29, 0.717) is 10.7 Å². The predicted molar refractivity (Wildman–Crippen MR) is 104 cm³/mol. The van der Waals surface area contributed by atoms with Gasteiger partial charge in [0.25, 0.3) is 0 Å². The Hall–Kier alpha value is -3.05. The molecule has 3 aromatic rings. The van der Waals surface area contributed by atoms with Crippen molar-refractivity contribution in [2.75, 3.05) is 0 Å². The lowest BCUT2D eigenvalue weighted by atomic mass is 10.0. The van der Waals surface area contributed by atoms with Gasteiger partial charge in [-0.05, 0) is 36.8 Å². The Kier molecular flexibility index (Phi) is 4.01. The third-order valence-corrected chi connectivity index (χ3v) is 4.65. The van der Waals surface area contributed by atoms with E-state index in [4.69, 9.17) is 11.6 Å². The van der Waals surface area contributed by atoms with Gasteiger partial charge in [-0.3, -0.25) is 9.56 Å². The van der Waals surface area contributed by atoms with E-state index in [2.05, 4.69) is 9.98 Å². The Morgan fingerprint density at radius 2 is 1.92 bits per heavy atom. The molecule has 0 unspecified atom stereocenters. The summed E-state index contributed by atoms with van der Waals surface area (Å²) in [4.78, 5) is 19.5. The molecule has 6 heteroatoms. The average molecular weight is 366 g/mol. The Balaban J connectivity index is 1.72. The number of imidazole rings is 1. The fourth-order valence-electron chi connectivity index (χ4n) is 3.06. The van der Waals surface area contributed by atoms with Crippen LogP contribution >= 0.6 is 11.6 Å². The number of aromatic nitrogens is 2. The summed E-state index contributed by atoms with van der Waals surface area (Å²) in [7, 11) is 0. The van der Waals surface area contributed by atoms with E-state index in [-0.39, 0.29) is 18.1 Å². The van der Waals surface area contributed by atoms with Crippen LogP contribution in [0.25, 0.3) is 11.6 Å². The van der Waals surface area contributed by atoms with Crippen LogP contribution in [0.5, 0.6) is 5.88 Å². The highest BCUT2D eigenvalue weighted by Crippen LogP contribution is 2.36. The molecule has 0 bridgehead atoms. The highest BCUT2D eigenvalue weighted by atomic mass is 35.5. The smallest absolute Gasteiger partial charge is 0.329 e. The number of benzene rings is 2. The summed E-state index contributed by atoms with van der Waals surface area (Å²) in [5.41, 5.74) is 4.46. The lowest BCUT2D eigenvalue weighted by Gasteiger charge is -2.04. The summed E-state index contributed by atoms with van der Waals surface area (Å²) in [6.07, 6.45) is 1.76. The topological polar surface area (TPSA) is 70.4 Å². The maximum atomic E-state index is 12.3. The molecule has 0 saturated carbocycles. The maximum absolute atomic E-state index is 12.3. The van der Waals surface area contributed by atoms with Crippen LogP contribution in [-0.4, -0.2) is 20.4 Å². The number of H-pyrrole nitrogens is 1. The Morgan fingerprint density at radius 3 is 2.69 bits per heavy atom. The van der Waals surface area contributed by atoms with E-state index in [1.807, 2.05) is 43.3 Å². The molecule has 5 nitrogen and oxygen atoms in total. The molecular weight excluding hydrogens is 350 g/mol. The summed E-state index contributed by atoms with van der Waals surface area (Å²) in [6, 6.07) is 14.9. The molecule has 0 aliphatic carbocycles. The van der Waals surface area contributed by atoms with Gasteiger partial charge < -0.3 is 10.1 Å². The van der Waals surface area contributed by atoms with Crippen LogP contribution < -0.4 is 5.69 Å². The number of nitrogens with one attached hydrogen (secondary N) is 1. The van der Waals surface area contributed by atoms with Crippen molar-refractivity contribution >= 4 is 34.6 Å². The lowest BCUT2D eigenvalue weighted by molar-refractivity contribution is 0.420. The molecular formula is C20H16ClN3O2. The molecule has 26 heavy (non-hydrogen) atoms. The predicted octanol–water partition coefficient (Wildman–Crippen LogP) is 4.23. The van der Waals surface area contributed by atoms with E-state index in [9.17, 15) is 9.90 Å². The van der Waals surface area contributed by atoms with Crippen molar-refractivity contribution in [1.82, 2.24) is 9.55 Å². The molecule has 2 aromatic carbocycles. The first-order valence-electron chi connectivity index (χ1n) is 8.16. The van der Waals surface area contributed by atoms with Crippen LogP contribution in [0.2, 0.25) is 5.02 Å². The Labute approximate surface area is 154 Å². The molecule has 0 fully saturated rings. The van der Waals surface area contributed by atoms with Crippen molar-refractivity contribution in [3.63, 3.8) is 0 Å². The fourth-order valence-corrected chi connectivity index (χ4v) is 3.19. The largest absolute Gasteiger partial charge is 0.493 e. The highest BCUT2D eigenvalue weighted by molar-refractivity contribution is 6.31. The minimum Gasteiger partial charge on any atom is -0.493 e. The normalized spacial score (nSPS) is 14.5. The number of aromatic hydroxyl groups is 1. The number of aliphatic imine (C=N–C) groups is 1. The zero-order chi connectivity index (χ0) is 18.3. The summed E-state index contributed by atoms with van der Waals surface area (Å²) in [5.74, 6) is -0.102. The van der Waals surface area contributed by atoms with Gasteiger partial charge in [-0.15, -0.1) is 0 Å². The maximum Gasteiger partial charge on any atom is 0.329 e. The van der Waals surface area contributed by atoms with Crippen LogP contribution in [0.1, 0.15) is 23.7 Å². The van der Waals surface area contributed by atoms with Gasteiger partial charge >= 0.3 is 5.69 Å². The number of hydrogen-bond donors (Lipinski definition) is 2. The second-order valence-electron chi connectivity index (χ2n) is 6.15. The van der Waals surface area contributed by atoms with E-state index in [1.54, 1.807) is 18.2 Å². The van der Waals surface area contributed by atoms with Crippen molar-refractivity contribution in [3.05, 3.63) is 80.9 Å². The van der Waals surface area contributed by atoms with E-state index in [1.165, 1.54) is 4.57 Å². The number of hydrogen-bond acceptors (Lipinski definition) is 3. The van der Waals surface area contributed by atoms with Crippen molar-refractivity contribution in [1.29, 1.82) is 0 Å². The average Bonchev–Trinajstić information content (AvgIpc) is 3.08. The minimum atomic E-state index is -0.370. The van der Waals surface area contributed by atoms with Gasteiger partial charge in [-0.25, -0.2) is 4.79 Å². The van der Waals surface area contributed by atoms with E-state index >= 15 is 0 Å². The second-order valence-corrected chi connectivity index (χ2v) is 6.59. The molecule has 2 heterocycles. The van der Waals surface area contributed by atoms with Gasteiger partial charge in [-0.1, -0.05) is 41.9 Å². The van der Waals surface area contributed by atoms with Gasteiger partial charge in [0, 0.05) is 21.9 Å². The Bertz CT molecular complexity index is 1100. The molecule has 0 atom stereocenters. The number of halogens is 1. The van der Waals surface area contributed by atoms with Gasteiger partial charge in [0.05, 0.1) is 12.2 Å². The summed E-state index contributed by atoms with van der Waals surface area (Å²) in [6.45, 7) is 2.16. The molecule has 130 valence electrons. The fraction of sp³-hybridized carbons (Fsp3) is 0.100. The van der Waals surface area contributed by atoms with Crippen LogP contribution in [0.15, 0.2) is 58.3 Å². The van der Waals surface area contributed by atoms with Crippen molar-refractivity contribution in [2.45, 2.75) is 13.5 Å². The first-order chi connectivity index (χ1) is 12.5. The molecule has 4 rings (SSSR count). The second kappa shape index (κ2) is 6.35.